The fourth-order valence-corrected chi connectivity index (χ4v) is 2.92. The molecular weight excluding hydrogens is 262 g/mol. The van der Waals surface area contributed by atoms with E-state index in [0.29, 0.717) is 0 Å². The molecule has 0 bridgehead atoms. The second kappa shape index (κ2) is 5.30. The minimum absolute atomic E-state index is 0.00881. The van der Waals surface area contributed by atoms with E-state index in [2.05, 4.69) is 23.9 Å². The number of benzene rings is 1. The number of aryl methyl sites for hydroxylation is 1. The van der Waals surface area contributed by atoms with Crippen molar-refractivity contribution in [3.63, 3.8) is 0 Å². The van der Waals surface area contributed by atoms with E-state index >= 15 is 0 Å². The van der Waals surface area contributed by atoms with Crippen LogP contribution in [0.1, 0.15) is 29.4 Å². The van der Waals surface area contributed by atoms with E-state index < -0.39 is 0 Å². The number of hydrogen-bond donors (Lipinski definition) is 1. The molecule has 0 atom stereocenters. The molecule has 4 nitrogen and oxygen atoms in total. The van der Waals surface area contributed by atoms with E-state index in [-0.39, 0.29) is 6.61 Å². The molecule has 0 aliphatic rings. The molecule has 0 aliphatic carbocycles. The summed E-state index contributed by atoms with van der Waals surface area (Å²) in [5.74, 6) is 0.822. The van der Waals surface area contributed by atoms with E-state index in [4.69, 9.17) is 0 Å². The molecule has 3 rings (SSSR count). The number of pyridine rings is 1. The Morgan fingerprint density at radius 3 is 2.48 bits per heavy atom. The van der Waals surface area contributed by atoms with E-state index in [9.17, 15) is 5.11 Å². The van der Waals surface area contributed by atoms with Gasteiger partial charge in [-0.15, -0.1) is 0 Å². The molecule has 0 saturated carbocycles. The van der Waals surface area contributed by atoms with Gasteiger partial charge in [-0.2, -0.15) is 5.10 Å². The lowest BCUT2D eigenvalue weighted by molar-refractivity contribution is 0.283. The van der Waals surface area contributed by atoms with Gasteiger partial charge in [-0.25, -0.2) is 9.67 Å². The van der Waals surface area contributed by atoms with Crippen molar-refractivity contribution in [3.05, 3.63) is 53.0 Å². The predicted octanol–water partition coefficient (Wildman–Crippen LogP) is 3.09. The molecule has 0 spiro atoms. The first-order valence-corrected chi connectivity index (χ1v) is 7.20. The average Bonchev–Trinajstić information content (AvgIpc) is 2.80. The van der Waals surface area contributed by atoms with Crippen molar-refractivity contribution in [2.75, 3.05) is 0 Å². The Kier molecular flexibility index (Phi) is 3.47. The lowest BCUT2D eigenvalue weighted by Gasteiger charge is -2.10. The Morgan fingerprint density at radius 1 is 1.14 bits per heavy atom. The van der Waals surface area contributed by atoms with Crippen LogP contribution in [0.5, 0.6) is 0 Å². The van der Waals surface area contributed by atoms with Crippen molar-refractivity contribution in [2.24, 2.45) is 0 Å². The van der Waals surface area contributed by atoms with Crippen LogP contribution in [0.3, 0.4) is 0 Å². The third-order valence-corrected chi connectivity index (χ3v) is 4.02. The molecule has 108 valence electrons. The van der Waals surface area contributed by atoms with Crippen LogP contribution in [0.4, 0.5) is 0 Å². The van der Waals surface area contributed by atoms with Gasteiger partial charge in [0.1, 0.15) is 0 Å². The summed E-state index contributed by atoms with van der Waals surface area (Å²) in [5.41, 5.74) is 4.29. The van der Waals surface area contributed by atoms with Gasteiger partial charge in [-0.1, -0.05) is 31.2 Å². The SMILES string of the molecule is CCc1c(C)nn(-c2ncc(CO)c3ccccc23)c1C. The Labute approximate surface area is 124 Å². The topological polar surface area (TPSA) is 50.9 Å². The summed E-state index contributed by atoms with van der Waals surface area (Å²) in [6.07, 6.45) is 2.70. The van der Waals surface area contributed by atoms with Crippen molar-refractivity contribution in [1.29, 1.82) is 0 Å². The van der Waals surface area contributed by atoms with Gasteiger partial charge in [-0.05, 0) is 31.2 Å². The molecule has 0 fully saturated rings. The van der Waals surface area contributed by atoms with Crippen molar-refractivity contribution < 1.29 is 5.11 Å². The molecule has 1 aromatic carbocycles. The summed E-state index contributed by atoms with van der Waals surface area (Å²) >= 11 is 0. The van der Waals surface area contributed by atoms with Gasteiger partial charge >= 0.3 is 0 Å². The van der Waals surface area contributed by atoms with Crippen LogP contribution in [-0.2, 0) is 13.0 Å². The molecular formula is C17H19N3O. The normalized spacial score (nSPS) is 11.2. The van der Waals surface area contributed by atoms with Gasteiger partial charge in [-0.3, -0.25) is 0 Å². The summed E-state index contributed by atoms with van der Waals surface area (Å²) in [5, 5.41) is 16.2. The van der Waals surface area contributed by atoms with Crippen LogP contribution in [0.25, 0.3) is 16.6 Å². The van der Waals surface area contributed by atoms with Gasteiger partial charge in [0.05, 0.1) is 12.3 Å². The highest BCUT2D eigenvalue weighted by Gasteiger charge is 2.15. The van der Waals surface area contributed by atoms with E-state index in [1.54, 1.807) is 6.20 Å². The van der Waals surface area contributed by atoms with Gasteiger partial charge in [0.15, 0.2) is 5.82 Å². The van der Waals surface area contributed by atoms with Crippen LogP contribution >= 0.6 is 0 Å². The number of rotatable bonds is 3. The molecule has 0 unspecified atom stereocenters. The fourth-order valence-electron chi connectivity index (χ4n) is 2.92. The van der Waals surface area contributed by atoms with E-state index in [0.717, 1.165) is 40.0 Å². The molecule has 4 heteroatoms. The highest BCUT2D eigenvalue weighted by Crippen LogP contribution is 2.26. The smallest absolute Gasteiger partial charge is 0.161 e. The first-order chi connectivity index (χ1) is 10.2. The second-order valence-electron chi connectivity index (χ2n) is 5.23. The average molecular weight is 281 g/mol. The number of hydrogen-bond acceptors (Lipinski definition) is 3. The lowest BCUT2D eigenvalue weighted by atomic mass is 10.1. The first kappa shape index (κ1) is 13.8. The van der Waals surface area contributed by atoms with Crippen LogP contribution in [0.2, 0.25) is 0 Å². The summed E-state index contributed by atoms with van der Waals surface area (Å²) in [6.45, 7) is 6.24. The second-order valence-corrected chi connectivity index (χ2v) is 5.23. The number of aliphatic hydroxyl groups excluding tert-OH is 1. The van der Waals surface area contributed by atoms with E-state index in [1.807, 2.05) is 35.9 Å². The third kappa shape index (κ3) is 2.12. The molecule has 21 heavy (non-hydrogen) atoms. The van der Waals surface area contributed by atoms with Crippen LogP contribution in [-0.4, -0.2) is 19.9 Å². The van der Waals surface area contributed by atoms with Gasteiger partial charge in [0.25, 0.3) is 0 Å². The standard InChI is InChI=1S/C17H19N3O/c1-4-14-11(2)19-20(12(14)3)17-16-8-6-5-7-15(16)13(10-21)9-18-17/h5-9,21H,4,10H2,1-3H3. The van der Waals surface area contributed by atoms with Crippen molar-refractivity contribution in [3.8, 4) is 5.82 Å². The maximum atomic E-state index is 9.48. The molecule has 0 amide bonds. The minimum atomic E-state index is -0.00881. The largest absolute Gasteiger partial charge is 0.392 e. The van der Waals surface area contributed by atoms with Gasteiger partial charge in [0, 0.05) is 22.8 Å². The quantitative estimate of drug-likeness (QED) is 0.802. The number of aromatic nitrogens is 3. The highest BCUT2D eigenvalue weighted by molar-refractivity contribution is 5.90. The monoisotopic (exact) mass is 281 g/mol. The van der Waals surface area contributed by atoms with Crippen LogP contribution < -0.4 is 0 Å². The molecule has 0 radical (unpaired) electrons. The van der Waals surface area contributed by atoms with E-state index in [1.165, 1.54) is 5.56 Å². The number of aliphatic hydroxyl groups is 1. The summed E-state index contributed by atoms with van der Waals surface area (Å²) < 4.78 is 1.91. The van der Waals surface area contributed by atoms with Crippen molar-refractivity contribution >= 4 is 10.8 Å². The summed E-state index contributed by atoms with van der Waals surface area (Å²) in [4.78, 5) is 4.54. The van der Waals surface area contributed by atoms with Crippen LogP contribution in [0, 0.1) is 13.8 Å². The summed E-state index contributed by atoms with van der Waals surface area (Å²) in [7, 11) is 0. The molecule has 0 saturated heterocycles. The zero-order chi connectivity index (χ0) is 15.0. The Balaban J connectivity index is 2.31. The minimum Gasteiger partial charge on any atom is -0.392 e. The maximum absolute atomic E-state index is 9.48. The number of nitrogens with zero attached hydrogens (tertiary/aromatic N) is 3. The molecule has 1 N–H and O–H groups in total. The molecule has 3 aromatic rings. The Bertz CT molecular complexity index is 805. The Morgan fingerprint density at radius 2 is 1.86 bits per heavy atom. The summed E-state index contributed by atoms with van der Waals surface area (Å²) in [6, 6.07) is 8.00. The lowest BCUT2D eigenvalue weighted by Crippen LogP contribution is -2.04. The fraction of sp³-hybridized carbons (Fsp3) is 0.294. The maximum Gasteiger partial charge on any atom is 0.161 e. The van der Waals surface area contributed by atoms with Gasteiger partial charge < -0.3 is 5.11 Å². The molecule has 2 aromatic heterocycles. The first-order valence-electron chi connectivity index (χ1n) is 7.20. The van der Waals surface area contributed by atoms with Crippen LogP contribution in [0.15, 0.2) is 30.5 Å². The third-order valence-electron chi connectivity index (χ3n) is 4.02. The molecule has 2 heterocycles. The number of fused-ring (bicyclic) bond motifs is 1. The predicted molar refractivity (Wildman–Crippen MR) is 83.6 cm³/mol. The van der Waals surface area contributed by atoms with Crippen molar-refractivity contribution in [1.82, 2.24) is 14.8 Å². The zero-order valence-electron chi connectivity index (χ0n) is 12.6. The van der Waals surface area contributed by atoms with Gasteiger partial charge in [0.2, 0.25) is 0 Å². The highest BCUT2D eigenvalue weighted by atomic mass is 16.3. The Hall–Kier alpha value is -2.20. The molecule has 0 aliphatic heterocycles. The van der Waals surface area contributed by atoms with Crippen molar-refractivity contribution in [2.45, 2.75) is 33.8 Å². The zero-order valence-corrected chi connectivity index (χ0v) is 12.6.